The van der Waals surface area contributed by atoms with Crippen LogP contribution in [-0.4, -0.2) is 29.0 Å². The summed E-state index contributed by atoms with van der Waals surface area (Å²) in [5.74, 6) is 0.769. The maximum atomic E-state index is 4.77. The molecule has 2 heterocycles. The summed E-state index contributed by atoms with van der Waals surface area (Å²) in [4.78, 5) is 7.42. The van der Waals surface area contributed by atoms with Gasteiger partial charge in [0.25, 0.3) is 0 Å². The maximum absolute atomic E-state index is 4.77. The topological polar surface area (TPSA) is 28.2 Å². The molecule has 144 valence electrons. The minimum atomic E-state index is 0.537. The summed E-state index contributed by atoms with van der Waals surface area (Å²) in [6.07, 6.45) is 9.67. The molecule has 1 atom stereocenters. The molecule has 1 aromatic heterocycles. The zero-order valence-electron chi connectivity index (χ0n) is 16.7. The van der Waals surface area contributed by atoms with Crippen LogP contribution in [0.25, 0.3) is 0 Å². The predicted molar refractivity (Wildman–Crippen MR) is 112 cm³/mol. The molecule has 1 N–H and O–H groups in total. The van der Waals surface area contributed by atoms with Gasteiger partial charge in [0.1, 0.15) is 0 Å². The number of nitrogens with one attached hydrogen (secondary N) is 1. The Morgan fingerprint density at radius 2 is 1.93 bits per heavy atom. The van der Waals surface area contributed by atoms with Crippen molar-refractivity contribution >= 4 is 0 Å². The average molecular weight is 364 g/mol. The third kappa shape index (κ3) is 4.97. The highest BCUT2D eigenvalue weighted by atomic mass is 15.2. The summed E-state index contributed by atoms with van der Waals surface area (Å²) in [6, 6.07) is 13.8. The largest absolute Gasteiger partial charge is 0.308 e. The van der Waals surface area contributed by atoms with E-state index in [0.29, 0.717) is 6.04 Å². The van der Waals surface area contributed by atoms with E-state index in [2.05, 4.69) is 53.5 Å². The Balaban J connectivity index is 1.43. The van der Waals surface area contributed by atoms with Crippen molar-refractivity contribution in [2.24, 2.45) is 0 Å². The lowest BCUT2D eigenvalue weighted by molar-refractivity contribution is 0.221. The predicted octanol–water partition coefficient (Wildman–Crippen LogP) is 4.67. The number of unbranched alkanes of at least 4 members (excludes halogenated alkanes) is 2. The van der Waals surface area contributed by atoms with Gasteiger partial charge in [0, 0.05) is 31.9 Å². The van der Waals surface area contributed by atoms with E-state index in [1.807, 2.05) is 6.20 Å². The SMILES string of the molecule is CCCCCN(Cc1ncccc1C1CC1)C[C@H]1Cc2ccccc2CN1. The van der Waals surface area contributed by atoms with Gasteiger partial charge >= 0.3 is 0 Å². The van der Waals surface area contributed by atoms with Crippen LogP contribution in [0, 0.1) is 0 Å². The van der Waals surface area contributed by atoms with E-state index in [-0.39, 0.29) is 0 Å². The number of fused-ring (bicyclic) bond motifs is 1. The van der Waals surface area contributed by atoms with Gasteiger partial charge in [-0.1, -0.05) is 50.1 Å². The Morgan fingerprint density at radius 1 is 1.07 bits per heavy atom. The molecule has 0 bridgehead atoms. The zero-order chi connectivity index (χ0) is 18.5. The Morgan fingerprint density at radius 3 is 2.74 bits per heavy atom. The van der Waals surface area contributed by atoms with Crippen LogP contribution in [0.1, 0.15) is 67.3 Å². The first-order valence-electron chi connectivity index (χ1n) is 10.8. The molecule has 2 aliphatic rings. The summed E-state index contributed by atoms with van der Waals surface area (Å²) in [5.41, 5.74) is 5.80. The van der Waals surface area contributed by atoms with Crippen LogP contribution < -0.4 is 5.32 Å². The molecule has 1 aromatic carbocycles. The van der Waals surface area contributed by atoms with Gasteiger partial charge in [-0.25, -0.2) is 0 Å². The molecule has 0 spiro atoms. The minimum absolute atomic E-state index is 0.537. The first-order valence-corrected chi connectivity index (χ1v) is 10.8. The van der Waals surface area contributed by atoms with Crippen LogP contribution in [0.4, 0.5) is 0 Å². The van der Waals surface area contributed by atoms with Crippen molar-refractivity contribution in [2.45, 2.75) is 70.5 Å². The van der Waals surface area contributed by atoms with Crippen molar-refractivity contribution in [1.82, 2.24) is 15.2 Å². The second-order valence-electron chi connectivity index (χ2n) is 8.31. The van der Waals surface area contributed by atoms with Gasteiger partial charge in [-0.05, 0) is 60.9 Å². The molecular formula is C24H33N3. The lowest BCUT2D eigenvalue weighted by Gasteiger charge is -2.32. The highest BCUT2D eigenvalue weighted by Gasteiger charge is 2.27. The first-order chi connectivity index (χ1) is 13.3. The normalized spacial score (nSPS) is 19.3. The number of aromatic nitrogens is 1. The van der Waals surface area contributed by atoms with Crippen LogP contribution in [0.5, 0.6) is 0 Å². The van der Waals surface area contributed by atoms with Crippen LogP contribution in [-0.2, 0) is 19.5 Å². The van der Waals surface area contributed by atoms with Crippen molar-refractivity contribution in [1.29, 1.82) is 0 Å². The molecule has 27 heavy (non-hydrogen) atoms. The van der Waals surface area contributed by atoms with E-state index in [1.165, 1.54) is 61.0 Å². The summed E-state index contributed by atoms with van der Waals surface area (Å²) in [5, 5.41) is 3.77. The maximum Gasteiger partial charge on any atom is 0.0578 e. The number of benzene rings is 1. The molecule has 0 saturated heterocycles. The molecule has 2 aromatic rings. The number of nitrogens with zero attached hydrogens (tertiary/aromatic N) is 2. The third-order valence-corrected chi connectivity index (χ3v) is 6.04. The van der Waals surface area contributed by atoms with E-state index in [9.17, 15) is 0 Å². The number of hydrogen-bond donors (Lipinski definition) is 1. The van der Waals surface area contributed by atoms with E-state index >= 15 is 0 Å². The quantitative estimate of drug-likeness (QED) is 0.657. The van der Waals surface area contributed by atoms with Crippen molar-refractivity contribution < 1.29 is 0 Å². The lowest BCUT2D eigenvalue weighted by Crippen LogP contribution is -2.44. The second-order valence-corrected chi connectivity index (χ2v) is 8.31. The van der Waals surface area contributed by atoms with Crippen LogP contribution in [0.3, 0.4) is 0 Å². The van der Waals surface area contributed by atoms with Crippen molar-refractivity contribution in [3.05, 3.63) is 65.0 Å². The molecule has 4 rings (SSSR count). The van der Waals surface area contributed by atoms with Crippen LogP contribution in [0.15, 0.2) is 42.6 Å². The highest BCUT2D eigenvalue weighted by molar-refractivity contribution is 5.30. The number of rotatable bonds is 9. The fourth-order valence-electron chi connectivity index (χ4n) is 4.34. The monoisotopic (exact) mass is 363 g/mol. The fourth-order valence-corrected chi connectivity index (χ4v) is 4.34. The summed E-state index contributed by atoms with van der Waals surface area (Å²) < 4.78 is 0. The van der Waals surface area contributed by atoms with Crippen molar-refractivity contribution in [3.8, 4) is 0 Å². The Bertz CT molecular complexity index is 738. The van der Waals surface area contributed by atoms with E-state index in [1.54, 1.807) is 0 Å². The third-order valence-electron chi connectivity index (χ3n) is 6.04. The zero-order valence-corrected chi connectivity index (χ0v) is 16.7. The van der Waals surface area contributed by atoms with Crippen LogP contribution in [0.2, 0.25) is 0 Å². The van der Waals surface area contributed by atoms with Crippen molar-refractivity contribution in [3.63, 3.8) is 0 Å². The van der Waals surface area contributed by atoms with Crippen LogP contribution >= 0.6 is 0 Å². The smallest absolute Gasteiger partial charge is 0.0578 e. The Hall–Kier alpha value is -1.71. The molecule has 1 saturated carbocycles. The average Bonchev–Trinajstić information content (AvgIpc) is 3.54. The highest BCUT2D eigenvalue weighted by Crippen LogP contribution is 2.41. The molecule has 0 radical (unpaired) electrons. The Labute approximate surface area is 164 Å². The van der Waals surface area contributed by atoms with Crippen molar-refractivity contribution in [2.75, 3.05) is 13.1 Å². The molecule has 1 aliphatic carbocycles. The number of hydrogen-bond acceptors (Lipinski definition) is 3. The van der Waals surface area contributed by atoms with Gasteiger partial charge in [0.15, 0.2) is 0 Å². The first kappa shape index (κ1) is 18.6. The fraction of sp³-hybridized carbons (Fsp3) is 0.542. The van der Waals surface area contributed by atoms with Gasteiger partial charge in [-0.15, -0.1) is 0 Å². The summed E-state index contributed by atoms with van der Waals surface area (Å²) >= 11 is 0. The molecule has 1 fully saturated rings. The lowest BCUT2D eigenvalue weighted by atomic mass is 9.95. The summed E-state index contributed by atoms with van der Waals surface area (Å²) in [7, 11) is 0. The van der Waals surface area contributed by atoms with Gasteiger partial charge in [-0.2, -0.15) is 0 Å². The molecule has 0 amide bonds. The van der Waals surface area contributed by atoms with Gasteiger partial charge in [0.05, 0.1) is 5.69 Å². The van der Waals surface area contributed by atoms with E-state index < -0.39 is 0 Å². The summed E-state index contributed by atoms with van der Waals surface area (Å²) in [6.45, 7) is 6.57. The van der Waals surface area contributed by atoms with E-state index in [0.717, 1.165) is 32.0 Å². The minimum Gasteiger partial charge on any atom is -0.308 e. The molecular weight excluding hydrogens is 330 g/mol. The standard InChI is InChI=1S/C24H33N3/c1-2-3-6-14-27(18-24-23(19-11-12-19)10-7-13-25-24)17-22-15-20-8-4-5-9-21(20)16-26-22/h4-5,7-10,13,19,22,26H,2-3,6,11-12,14-18H2,1H3/t22-/m1/s1. The van der Waals surface area contributed by atoms with Gasteiger partial charge in [-0.3, -0.25) is 9.88 Å². The number of pyridine rings is 1. The molecule has 1 aliphatic heterocycles. The Kier molecular flexibility index (Phi) is 6.21. The van der Waals surface area contributed by atoms with Gasteiger partial charge < -0.3 is 5.32 Å². The second kappa shape index (κ2) is 8.99. The molecule has 3 nitrogen and oxygen atoms in total. The van der Waals surface area contributed by atoms with E-state index in [4.69, 9.17) is 4.98 Å². The molecule has 0 unspecified atom stereocenters. The van der Waals surface area contributed by atoms with Gasteiger partial charge in [0.2, 0.25) is 0 Å². The molecule has 3 heteroatoms.